The zero-order chi connectivity index (χ0) is 26.0. The van der Waals surface area contributed by atoms with Crippen LogP contribution in [0.5, 0.6) is 0 Å². The quantitative estimate of drug-likeness (QED) is 0.406. The number of carboxylic acid groups (broad SMARTS) is 1. The first-order valence-electron chi connectivity index (χ1n) is 10.5. The molecule has 2 aromatic heterocycles. The van der Waals surface area contributed by atoms with E-state index in [0.29, 0.717) is 37.9 Å². The molecule has 0 saturated carbocycles. The van der Waals surface area contributed by atoms with Crippen molar-refractivity contribution in [3.8, 4) is 11.3 Å². The first-order valence-corrected chi connectivity index (χ1v) is 11.8. The monoisotopic (exact) mass is 543 g/mol. The molecule has 1 fully saturated rings. The minimum atomic E-state index is -4.85. The van der Waals surface area contributed by atoms with E-state index in [-0.39, 0.29) is 27.0 Å². The highest BCUT2D eigenvalue weighted by atomic mass is 35.5. The van der Waals surface area contributed by atoms with E-state index in [1.807, 2.05) is 4.90 Å². The van der Waals surface area contributed by atoms with Crippen molar-refractivity contribution in [2.24, 2.45) is 0 Å². The number of amides is 1. The van der Waals surface area contributed by atoms with Gasteiger partial charge in [-0.25, -0.2) is 14.4 Å². The van der Waals surface area contributed by atoms with Gasteiger partial charge in [-0.3, -0.25) is 14.9 Å². The van der Waals surface area contributed by atoms with Crippen molar-refractivity contribution >= 4 is 45.8 Å². The van der Waals surface area contributed by atoms with E-state index in [1.54, 1.807) is 0 Å². The van der Waals surface area contributed by atoms with Crippen molar-refractivity contribution in [1.82, 2.24) is 15.3 Å². The van der Waals surface area contributed by atoms with Crippen LogP contribution in [-0.2, 0) is 11.0 Å². The summed E-state index contributed by atoms with van der Waals surface area (Å²) in [7, 11) is 0. The molecule has 3 heterocycles. The smallest absolute Gasteiger partial charge is 0.419 e. The van der Waals surface area contributed by atoms with Crippen molar-refractivity contribution in [1.29, 1.82) is 0 Å². The number of aromatic nitrogens is 2. The fourth-order valence-electron chi connectivity index (χ4n) is 3.66. The number of hydrogen-bond acceptors (Lipinski definition) is 7. The van der Waals surface area contributed by atoms with Gasteiger partial charge >= 0.3 is 12.1 Å². The van der Waals surface area contributed by atoms with Gasteiger partial charge in [0.15, 0.2) is 5.13 Å². The summed E-state index contributed by atoms with van der Waals surface area (Å²) in [5.74, 6) is -2.61. The molecule has 8 nitrogen and oxygen atoms in total. The topological polar surface area (TPSA) is 107 Å². The molecule has 1 atom stereocenters. The van der Waals surface area contributed by atoms with Gasteiger partial charge in [0.2, 0.25) is 0 Å². The highest BCUT2D eigenvalue weighted by molar-refractivity contribution is 7.14. The second-order valence-electron chi connectivity index (χ2n) is 7.81. The number of anilines is 2. The molecule has 1 aromatic carbocycles. The molecule has 0 aliphatic carbocycles. The number of carboxylic acids is 1. The van der Waals surface area contributed by atoms with Gasteiger partial charge in [-0.15, -0.1) is 11.3 Å². The van der Waals surface area contributed by atoms with Crippen molar-refractivity contribution in [3.05, 3.63) is 57.8 Å². The molecular formula is C22H18ClF4N5O3S. The molecule has 0 spiro atoms. The Labute approximate surface area is 210 Å². The minimum Gasteiger partial charge on any atom is -0.480 e. The predicted molar refractivity (Wildman–Crippen MR) is 126 cm³/mol. The molecule has 3 N–H and O–H groups in total. The summed E-state index contributed by atoms with van der Waals surface area (Å²) in [5, 5.41) is 16.2. The molecule has 1 aliphatic heterocycles. The van der Waals surface area contributed by atoms with Crippen LogP contribution in [0.4, 0.5) is 28.5 Å². The third-order valence-electron chi connectivity index (χ3n) is 5.45. The highest BCUT2D eigenvalue weighted by Gasteiger charge is 2.35. The van der Waals surface area contributed by atoms with Crippen molar-refractivity contribution in [3.63, 3.8) is 0 Å². The van der Waals surface area contributed by atoms with Crippen molar-refractivity contribution in [2.45, 2.75) is 18.6 Å². The Bertz CT molecular complexity index is 1300. The first-order chi connectivity index (χ1) is 17.0. The molecule has 1 unspecified atom stereocenters. The van der Waals surface area contributed by atoms with Gasteiger partial charge in [-0.2, -0.15) is 13.2 Å². The van der Waals surface area contributed by atoms with Gasteiger partial charge < -0.3 is 15.3 Å². The largest absolute Gasteiger partial charge is 0.480 e. The molecule has 0 radical (unpaired) electrons. The van der Waals surface area contributed by atoms with Gasteiger partial charge in [0.05, 0.1) is 21.8 Å². The van der Waals surface area contributed by atoms with Gasteiger partial charge in [0.25, 0.3) is 5.91 Å². The number of thiazole rings is 1. The van der Waals surface area contributed by atoms with Gasteiger partial charge in [0, 0.05) is 36.8 Å². The number of carbonyl (C=O) groups excluding carboxylic acids is 1. The van der Waals surface area contributed by atoms with Crippen LogP contribution in [-0.4, -0.2) is 52.6 Å². The Hall–Kier alpha value is -3.29. The lowest BCUT2D eigenvalue weighted by atomic mass is 10.1. The highest BCUT2D eigenvalue weighted by Crippen LogP contribution is 2.36. The number of nitrogens with one attached hydrogen (secondary N) is 2. The number of aliphatic carboxylic acids is 1. The molecule has 0 bridgehead atoms. The number of hydrogen-bond donors (Lipinski definition) is 3. The lowest BCUT2D eigenvalue weighted by Gasteiger charge is -2.22. The number of benzene rings is 1. The van der Waals surface area contributed by atoms with Gasteiger partial charge in [-0.1, -0.05) is 17.7 Å². The molecule has 1 amide bonds. The van der Waals surface area contributed by atoms with Crippen LogP contribution in [0.25, 0.3) is 11.3 Å². The normalized spacial score (nSPS) is 16.5. The zero-order valence-electron chi connectivity index (χ0n) is 18.3. The van der Waals surface area contributed by atoms with Crippen molar-refractivity contribution in [2.75, 3.05) is 29.9 Å². The third-order valence-corrected chi connectivity index (χ3v) is 6.48. The van der Waals surface area contributed by atoms with Crippen molar-refractivity contribution < 1.29 is 32.3 Å². The molecule has 4 rings (SSSR count). The summed E-state index contributed by atoms with van der Waals surface area (Å²) >= 11 is 7.26. The van der Waals surface area contributed by atoms with E-state index >= 15 is 0 Å². The van der Waals surface area contributed by atoms with E-state index in [1.165, 1.54) is 23.7 Å². The first kappa shape index (κ1) is 25.8. The molecule has 3 aromatic rings. The Kier molecular flexibility index (Phi) is 7.43. The Morgan fingerprint density at radius 2 is 2.06 bits per heavy atom. The summed E-state index contributed by atoms with van der Waals surface area (Å²) in [4.78, 5) is 34.0. The fraction of sp³-hybridized carbons (Fsp3) is 0.273. The lowest BCUT2D eigenvalue weighted by molar-refractivity contribution is -0.140. The molecule has 36 heavy (non-hydrogen) atoms. The van der Waals surface area contributed by atoms with Crippen LogP contribution in [0.1, 0.15) is 22.3 Å². The average Bonchev–Trinajstić information content (AvgIpc) is 3.12. The number of alkyl halides is 3. The molecule has 1 saturated heterocycles. The fourth-order valence-corrected chi connectivity index (χ4v) is 4.65. The summed E-state index contributed by atoms with van der Waals surface area (Å²) in [5.41, 5.74) is -1.70. The van der Waals surface area contributed by atoms with E-state index in [9.17, 15) is 32.3 Å². The number of carbonyl (C=O) groups is 2. The van der Waals surface area contributed by atoms with Crippen LogP contribution in [0.3, 0.4) is 0 Å². The van der Waals surface area contributed by atoms with Crippen LogP contribution >= 0.6 is 22.9 Å². The third kappa shape index (κ3) is 5.58. The molecule has 14 heteroatoms. The SMILES string of the molecule is O=C(Nc1nc(-c2cccc(C(F)(F)F)c2F)cs1)c1cnc(N2CCNC(C(=O)O)CC2)c(Cl)c1. The number of pyridine rings is 1. The summed E-state index contributed by atoms with van der Waals surface area (Å²) in [6.45, 7) is 1.28. The van der Waals surface area contributed by atoms with E-state index in [4.69, 9.17) is 11.6 Å². The molecule has 190 valence electrons. The standard InChI is InChI=1S/C22H18ClF4N5O3S/c23-14-8-11(9-29-18(14)32-6-4-15(20(34)35)28-5-7-32)19(33)31-21-30-16(10-36-21)12-2-1-3-13(17(12)24)22(25,26)27/h1-3,8-10,15,28H,4-7H2,(H,34,35)(H,30,31,33). The van der Waals surface area contributed by atoms with Gasteiger partial charge in [-0.05, 0) is 24.6 Å². The van der Waals surface area contributed by atoms with E-state index < -0.39 is 35.5 Å². The van der Waals surface area contributed by atoms with Gasteiger partial charge in [0.1, 0.15) is 17.7 Å². The minimum absolute atomic E-state index is 0.0466. The lowest BCUT2D eigenvalue weighted by Crippen LogP contribution is -2.36. The van der Waals surface area contributed by atoms with E-state index in [2.05, 4.69) is 20.6 Å². The maximum absolute atomic E-state index is 14.4. The predicted octanol–water partition coefficient (Wildman–Crippen LogP) is 4.52. The number of rotatable bonds is 5. The molecular weight excluding hydrogens is 526 g/mol. The Morgan fingerprint density at radius 1 is 1.28 bits per heavy atom. The van der Waals surface area contributed by atoms with Crippen LogP contribution in [0, 0.1) is 5.82 Å². The van der Waals surface area contributed by atoms with Crippen LogP contribution in [0.2, 0.25) is 5.02 Å². The number of nitrogens with zero attached hydrogens (tertiary/aromatic N) is 3. The second kappa shape index (κ2) is 10.4. The van der Waals surface area contributed by atoms with Crippen LogP contribution in [0.15, 0.2) is 35.8 Å². The second-order valence-corrected chi connectivity index (χ2v) is 9.07. The summed E-state index contributed by atoms with van der Waals surface area (Å²) < 4.78 is 53.4. The maximum Gasteiger partial charge on any atom is 0.419 e. The summed E-state index contributed by atoms with van der Waals surface area (Å²) in [6.07, 6.45) is -3.22. The average molecular weight is 544 g/mol. The Morgan fingerprint density at radius 3 is 2.75 bits per heavy atom. The maximum atomic E-state index is 14.4. The molecule has 1 aliphatic rings. The summed E-state index contributed by atoms with van der Waals surface area (Å²) in [6, 6.07) is 3.61. The Balaban J connectivity index is 1.47. The van der Waals surface area contributed by atoms with Crippen LogP contribution < -0.4 is 15.5 Å². The number of halogens is 5. The van der Waals surface area contributed by atoms with E-state index in [0.717, 1.165) is 17.4 Å². The zero-order valence-corrected chi connectivity index (χ0v) is 19.8.